The predicted octanol–water partition coefficient (Wildman–Crippen LogP) is 1.92. The highest BCUT2D eigenvalue weighted by atomic mass is 16.6. The second kappa shape index (κ2) is 5.67. The van der Waals surface area contributed by atoms with Gasteiger partial charge in [0.2, 0.25) is 0 Å². The third-order valence-electron chi connectivity index (χ3n) is 3.88. The van der Waals surface area contributed by atoms with E-state index in [0.717, 1.165) is 32.1 Å². The van der Waals surface area contributed by atoms with E-state index < -0.39 is 22.8 Å². The number of hydrogen-bond donors (Lipinski definition) is 3. The maximum atomic E-state index is 12.0. The Bertz CT molecular complexity index is 315. The minimum atomic E-state index is -1.12. The van der Waals surface area contributed by atoms with Gasteiger partial charge in [-0.3, -0.25) is 0 Å². The van der Waals surface area contributed by atoms with Crippen LogP contribution in [0.1, 0.15) is 59.8 Å². The molecule has 1 atom stereocenters. The lowest BCUT2D eigenvalue weighted by atomic mass is 9.70. The molecule has 0 aromatic carbocycles. The van der Waals surface area contributed by atoms with Crippen molar-refractivity contribution in [1.82, 2.24) is 5.32 Å². The molecule has 0 heterocycles. The van der Waals surface area contributed by atoms with Gasteiger partial charge in [-0.15, -0.1) is 0 Å². The summed E-state index contributed by atoms with van der Waals surface area (Å²) in [4.78, 5) is 12.0. The molecule has 1 aliphatic rings. The highest BCUT2D eigenvalue weighted by molar-refractivity contribution is 5.69. The van der Waals surface area contributed by atoms with Gasteiger partial charge in [0.15, 0.2) is 0 Å². The first-order valence-corrected chi connectivity index (χ1v) is 7.05. The van der Waals surface area contributed by atoms with E-state index in [0.29, 0.717) is 0 Å². The topological polar surface area (TPSA) is 84.6 Å². The highest BCUT2D eigenvalue weighted by Crippen LogP contribution is 2.36. The highest BCUT2D eigenvalue weighted by Gasteiger charge is 2.48. The number of alkyl carbamates (subject to hydrolysis) is 1. The normalized spacial score (nSPS) is 22.4. The van der Waals surface area contributed by atoms with Crippen molar-refractivity contribution in [2.75, 3.05) is 6.54 Å². The molecule has 1 aliphatic carbocycles. The van der Waals surface area contributed by atoms with Crippen molar-refractivity contribution in [2.24, 2.45) is 5.73 Å². The minimum absolute atomic E-state index is 0.114. The molecule has 1 unspecified atom stereocenters. The zero-order valence-corrected chi connectivity index (χ0v) is 12.6. The lowest BCUT2D eigenvalue weighted by molar-refractivity contribution is -0.0524. The minimum Gasteiger partial charge on any atom is -0.444 e. The Hall–Kier alpha value is -0.810. The van der Waals surface area contributed by atoms with Gasteiger partial charge in [0.05, 0.1) is 11.1 Å². The quantitative estimate of drug-likeness (QED) is 0.733. The maximum absolute atomic E-state index is 12.0. The molecule has 0 aliphatic heterocycles. The third-order valence-corrected chi connectivity index (χ3v) is 3.88. The fraction of sp³-hybridized carbons (Fsp3) is 0.929. The summed E-state index contributed by atoms with van der Waals surface area (Å²) in [6, 6.07) is 0. The first-order valence-electron chi connectivity index (χ1n) is 7.05. The van der Waals surface area contributed by atoms with Gasteiger partial charge in [-0.25, -0.2) is 4.79 Å². The molecule has 5 heteroatoms. The summed E-state index contributed by atoms with van der Waals surface area (Å²) in [7, 11) is 0. The van der Waals surface area contributed by atoms with Gasteiger partial charge < -0.3 is 20.9 Å². The van der Waals surface area contributed by atoms with Crippen molar-refractivity contribution in [3.63, 3.8) is 0 Å². The van der Waals surface area contributed by atoms with Crippen molar-refractivity contribution >= 4 is 6.09 Å². The summed E-state index contributed by atoms with van der Waals surface area (Å²) >= 11 is 0. The van der Waals surface area contributed by atoms with Crippen LogP contribution in [-0.2, 0) is 4.74 Å². The molecule has 1 saturated carbocycles. The monoisotopic (exact) mass is 272 g/mol. The molecule has 0 saturated heterocycles. The van der Waals surface area contributed by atoms with Crippen molar-refractivity contribution in [1.29, 1.82) is 0 Å². The summed E-state index contributed by atoms with van der Waals surface area (Å²) in [5, 5.41) is 13.4. The van der Waals surface area contributed by atoms with E-state index in [1.165, 1.54) is 0 Å². The second-order valence-corrected chi connectivity index (χ2v) is 6.75. The first kappa shape index (κ1) is 16.2. The van der Waals surface area contributed by atoms with E-state index in [1.54, 1.807) is 6.92 Å². The van der Waals surface area contributed by atoms with E-state index >= 15 is 0 Å². The number of aliphatic hydroxyl groups is 1. The summed E-state index contributed by atoms with van der Waals surface area (Å²) < 4.78 is 5.30. The molecule has 4 N–H and O–H groups in total. The van der Waals surface area contributed by atoms with Crippen LogP contribution < -0.4 is 11.1 Å². The summed E-state index contributed by atoms with van der Waals surface area (Å²) in [6.45, 7) is 7.27. The number of amides is 1. The average Bonchev–Trinajstić information content (AvgIpc) is 2.27. The maximum Gasteiger partial charge on any atom is 0.408 e. The van der Waals surface area contributed by atoms with E-state index in [4.69, 9.17) is 10.5 Å². The Labute approximate surface area is 115 Å². The van der Waals surface area contributed by atoms with Crippen LogP contribution in [0.4, 0.5) is 4.79 Å². The number of nitrogens with two attached hydrogens (primary N) is 1. The van der Waals surface area contributed by atoms with Crippen LogP contribution in [0.5, 0.6) is 0 Å². The van der Waals surface area contributed by atoms with Crippen LogP contribution >= 0.6 is 0 Å². The fourth-order valence-corrected chi connectivity index (χ4v) is 2.65. The second-order valence-electron chi connectivity index (χ2n) is 6.75. The molecule has 19 heavy (non-hydrogen) atoms. The van der Waals surface area contributed by atoms with Gasteiger partial charge in [-0.2, -0.15) is 0 Å². The summed E-state index contributed by atoms with van der Waals surface area (Å²) in [6.07, 6.45) is 4.06. The van der Waals surface area contributed by atoms with Crippen LogP contribution in [0.15, 0.2) is 0 Å². The number of nitrogens with one attached hydrogen (secondary N) is 1. The lowest BCUT2D eigenvalue weighted by Gasteiger charge is -2.47. The number of rotatable bonds is 3. The number of carbonyl (C=O) groups is 1. The van der Waals surface area contributed by atoms with Crippen LogP contribution in [-0.4, -0.2) is 34.5 Å². The van der Waals surface area contributed by atoms with Gasteiger partial charge in [0.25, 0.3) is 0 Å². The molecule has 1 rings (SSSR count). The van der Waals surface area contributed by atoms with Gasteiger partial charge in [0, 0.05) is 6.54 Å². The molecular formula is C14H28N2O3. The Morgan fingerprint density at radius 3 is 2.21 bits per heavy atom. The number of hydrogen-bond acceptors (Lipinski definition) is 4. The largest absolute Gasteiger partial charge is 0.444 e. The zero-order valence-electron chi connectivity index (χ0n) is 12.6. The molecule has 0 aromatic rings. The van der Waals surface area contributed by atoms with E-state index in [1.807, 2.05) is 20.8 Å². The molecule has 0 radical (unpaired) electrons. The van der Waals surface area contributed by atoms with E-state index in [9.17, 15) is 9.90 Å². The SMILES string of the molecule is CC(C)(C)OC(=O)NC1(C(C)(O)CN)CCCCC1. The molecule has 112 valence electrons. The Morgan fingerprint density at radius 2 is 1.79 bits per heavy atom. The van der Waals surface area contributed by atoms with Crippen molar-refractivity contribution in [3.05, 3.63) is 0 Å². The van der Waals surface area contributed by atoms with E-state index in [2.05, 4.69) is 5.32 Å². The fourth-order valence-electron chi connectivity index (χ4n) is 2.65. The lowest BCUT2D eigenvalue weighted by Crippen LogP contribution is -2.66. The smallest absolute Gasteiger partial charge is 0.408 e. The number of ether oxygens (including phenoxy) is 1. The van der Waals surface area contributed by atoms with Gasteiger partial charge in [-0.05, 0) is 40.5 Å². The third kappa shape index (κ3) is 4.08. The molecule has 1 amide bonds. The van der Waals surface area contributed by atoms with Gasteiger partial charge >= 0.3 is 6.09 Å². The summed E-state index contributed by atoms with van der Waals surface area (Å²) in [5.74, 6) is 0. The first-order chi connectivity index (χ1) is 8.62. The molecule has 0 bridgehead atoms. The van der Waals surface area contributed by atoms with E-state index in [-0.39, 0.29) is 6.54 Å². The molecular weight excluding hydrogens is 244 g/mol. The molecule has 1 fully saturated rings. The average molecular weight is 272 g/mol. The van der Waals surface area contributed by atoms with Crippen molar-refractivity contribution < 1.29 is 14.6 Å². The Kier molecular flexibility index (Phi) is 4.85. The van der Waals surface area contributed by atoms with Crippen LogP contribution in [0, 0.1) is 0 Å². The molecule has 5 nitrogen and oxygen atoms in total. The standard InChI is InChI=1S/C14H28N2O3/c1-12(2,3)19-11(17)16-14(13(4,18)10-15)8-6-5-7-9-14/h18H,5-10,15H2,1-4H3,(H,16,17). The molecule has 0 spiro atoms. The van der Waals surface area contributed by atoms with Gasteiger partial charge in [0.1, 0.15) is 5.60 Å². The van der Waals surface area contributed by atoms with Crippen molar-refractivity contribution in [2.45, 2.75) is 76.5 Å². The van der Waals surface area contributed by atoms with Gasteiger partial charge in [-0.1, -0.05) is 19.3 Å². The predicted molar refractivity (Wildman–Crippen MR) is 74.9 cm³/mol. The van der Waals surface area contributed by atoms with Crippen molar-refractivity contribution in [3.8, 4) is 0 Å². The van der Waals surface area contributed by atoms with Crippen LogP contribution in [0.2, 0.25) is 0 Å². The summed E-state index contributed by atoms with van der Waals surface area (Å²) in [5.41, 5.74) is 3.34. The number of carbonyl (C=O) groups excluding carboxylic acids is 1. The van der Waals surface area contributed by atoms with Crippen LogP contribution in [0.3, 0.4) is 0 Å². The Morgan fingerprint density at radius 1 is 1.26 bits per heavy atom. The van der Waals surface area contributed by atoms with Crippen LogP contribution in [0.25, 0.3) is 0 Å². The molecule has 0 aromatic heterocycles. The Balaban J connectivity index is 2.84. The zero-order chi connectivity index (χ0) is 14.7.